The van der Waals surface area contributed by atoms with Crippen LogP contribution in [0.2, 0.25) is 0 Å². The van der Waals surface area contributed by atoms with Gasteiger partial charge >= 0.3 is 0 Å². The summed E-state index contributed by atoms with van der Waals surface area (Å²) in [4.78, 5) is 0. The molecule has 0 radical (unpaired) electrons. The molecule has 1 saturated carbocycles. The molecule has 1 aliphatic carbocycles. The average molecular weight is 360 g/mol. The van der Waals surface area contributed by atoms with Crippen LogP contribution in [-0.2, 0) is 6.42 Å². The molecule has 4 heteroatoms. The van der Waals surface area contributed by atoms with Gasteiger partial charge in [-0.05, 0) is 49.6 Å². The molecule has 0 heterocycles. The van der Waals surface area contributed by atoms with Crippen LogP contribution in [0.25, 0.3) is 0 Å². The van der Waals surface area contributed by atoms with E-state index in [4.69, 9.17) is 0 Å². The summed E-state index contributed by atoms with van der Waals surface area (Å²) in [6, 6.07) is 5.61. The van der Waals surface area contributed by atoms with Crippen molar-refractivity contribution < 1.29 is 4.39 Å². The Morgan fingerprint density at radius 1 is 1.35 bits per heavy atom. The number of rotatable bonds is 7. The third-order valence-corrected chi connectivity index (χ3v) is 5.73. The van der Waals surface area contributed by atoms with Gasteiger partial charge in [0, 0.05) is 21.5 Å². The Morgan fingerprint density at radius 3 is 2.75 bits per heavy atom. The van der Waals surface area contributed by atoms with Gasteiger partial charge in [-0.2, -0.15) is 11.8 Å². The number of hydrogen-bond donors (Lipinski definition) is 1. The lowest BCUT2D eigenvalue weighted by atomic mass is 10.1. The molecular weight excluding hydrogens is 337 g/mol. The van der Waals surface area contributed by atoms with Crippen LogP contribution >= 0.6 is 27.7 Å². The predicted octanol–water partition coefficient (Wildman–Crippen LogP) is 4.78. The first-order chi connectivity index (χ1) is 9.67. The lowest BCUT2D eigenvalue weighted by Crippen LogP contribution is -2.33. The molecule has 1 aliphatic rings. The smallest absolute Gasteiger partial charge is 0.124 e. The van der Waals surface area contributed by atoms with Gasteiger partial charge in [0.05, 0.1) is 0 Å². The zero-order valence-electron chi connectivity index (χ0n) is 12.0. The first-order valence-corrected chi connectivity index (χ1v) is 9.31. The summed E-state index contributed by atoms with van der Waals surface area (Å²) in [5, 5.41) is 4.38. The first kappa shape index (κ1) is 16.3. The van der Waals surface area contributed by atoms with Crippen LogP contribution in [0.1, 0.15) is 38.2 Å². The van der Waals surface area contributed by atoms with Gasteiger partial charge in [-0.15, -0.1) is 0 Å². The van der Waals surface area contributed by atoms with Crippen molar-refractivity contribution in [3.8, 4) is 0 Å². The van der Waals surface area contributed by atoms with Gasteiger partial charge in [0.1, 0.15) is 5.82 Å². The number of halogens is 2. The van der Waals surface area contributed by atoms with Crippen LogP contribution in [0, 0.1) is 5.82 Å². The Kier molecular flexibility index (Phi) is 6.85. The largest absolute Gasteiger partial charge is 0.313 e. The molecule has 1 aromatic rings. The molecule has 2 rings (SSSR count). The summed E-state index contributed by atoms with van der Waals surface area (Å²) in [5.41, 5.74) is 1.06. The van der Waals surface area contributed by atoms with E-state index in [1.54, 1.807) is 6.07 Å². The van der Waals surface area contributed by atoms with Crippen LogP contribution in [-0.4, -0.2) is 23.6 Å². The predicted molar refractivity (Wildman–Crippen MR) is 90.0 cm³/mol. The van der Waals surface area contributed by atoms with Crippen molar-refractivity contribution in [1.82, 2.24) is 5.32 Å². The summed E-state index contributed by atoms with van der Waals surface area (Å²) in [6.45, 7) is 3.10. The van der Waals surface area contributed by atoms with Gasteiger partial charge in [-0.25, -0.2) is 4.39 Å². The number of benzene rings is 1. The van der Waals surface area contributed by atoms with Crippen molar-refractivity contribution in [1.29, 1.82) is 0 Å². The van der Waals surface area contributed by atoms with Gasteiger partial charge in [0.25, 0.3) is 0 Å². The Labute approximate surface area is 134 Å². The quantitative estimate of drug-likeness (QED) is 0.751. The van der Waals surface area contributed by atoms with Crippen molar-refractivity contribution >= 4 is 27.7 Å². The summed E-state index contributed by atoms with van der Waals surface area (Å²) < 4.78 is 14.3. The molecule has 1 fully saturated rings. The second-order valence-electron chi connectivity index (χ2n) is 5.48. The molecular formula is C16H23BrFNS. The highest BCUT2D eigenvalue weighted by molar-refractivity contribution is 9.10. The fraction of sp³-hybridized carbons (Fsp3) is 0.625. The normalized spacial score (nSPS) is 17.6. The van der Waals surface area contributed by atoms with Gasteiger partial charge in [-0.3, -0.25) is 0 Å². The van der Waals surface area contributed by atoms with Crippen molar-refractivity contribution in [3.05, 3.63) is 34.1 Å². The van der Waals surface area contributed by atoms with Crippen molar-refractivity contribution in [2.45, 2.75) is 50.3 Å². The van der Waals surface area contributed by atoms with Crippen LogP contribution in [0.3, 0.4) is 0 Å². The van der Waals surface area contributed by atoms with Crippen LogP contribution in [0.5, 0.6) is 0 Å². The Bertz CT molecular complexity index is 401. The monoisotopic (exact) mass is 359 g/mol. The molecule has 1 N–H and O–H groups in total. The maximum atomic E-state index is 13.4. The number of thioether (sulfide) groups is 1. The molecule has 0 saturated heterocycles. The van der Waals surface area contributed by atoms with E-state index >= 15 is 0 Å². The summed E-state index contributed by atoms with van der Waals surface area (Å²) in [5.74, 6) is 0.959. The fourth-order valence-electron chi connectivity index (χ4n) is 2.80. The Hall–Kier alpha value is -0.0600. The average Bonchev–Trinajstić information content (AvgIpc) is 2.88. The summed E-state index contributed by atoms with van der Waals surface area (Å²) in [6.07, 6.45) is 6.41. The second kappa shape index (κ2) is 8.40. The van der Waals surface area contributed by atoms with E-state index in [9.17, 15) is 4.39 Å². The fourth-order valence-corrected chi connectivity index (χ4v) is 4.72. The number of nitrogens with one attached hydrogen (secondary N) is 1. The molecule has 1 unspecified atom stereocenters. The zero-order chi connectivity index (χ0) is 14.4. The molecule has 0 bridgehead atoms. The highest BCUT2D eigenvalue weighted by Crippen LogP contribution is 2.30. The molecule has 0 aromatic heterocycles. The van der Waals surface area contributed by atoms with E-state index in [1.165, 1.54) is 31.7 Å². The van der Waals surface area contributed by atoms with E-state index < -0.39 is 0 Å². The molecule has 0 aliphatic heterocycles. The van der Waals surface area contributed by atoms with Gasteiger partial charge in [-0.1, -0.05) is 35.7 Å². The van der Waals surface area contributed by atoms with E-state index in [0.717, 1.165) is 34.0 Å². The van der Waals surface area contributed by atoms with Crippen LogP contribution in [0.4, 0.5) is 4.39 Å². The molecule has 1 aromatic carbocycles. The lowest BCUT2D eigenvalue weighted by molar-refractivity contribution is 0.567. The Morgan fingerprint density at radius 2 is 2.10 bits per heavy atom. The maximum absolute atomic E-state index is 13.4. The Balaban J connectivity index is 1.89. The second-order valence-corrected chi connectivity index (χ2v) is 7.73. The van der Waals surface area contributed by atoms with E-state index in [0.29, 0.717) is 6.04 Å². The van der Waals surface area contributed by atoms with Gasteiger partial charge in [0.2, 0.25) is 0 Å². The number of likely N-dealkylation sites (N-methyl/N-ethyl adjacent to an activating group) is 1. The minimum atomic E-state index is -0.159. The summed E-state index contributed by atoms with van der Waals surface area (Å²) >= 11 is 5.46. The highest BCUT2D eigenvalue weighted by atomic mass is 79.9. The first-order valence-electron chi connectivity index (χ1n) is 7.47. The van der Waals surface area contributed by atoms with E-state index in [-0.39, 0.29) is 5.82 Å². The molecule has 112 valence electrons. The summed E-state index contributed by atoms with van der Waals surface area (Å²) in [7, 11) is 0. The van der Waals surface area contributed by atoms with Crippen molar-refractivity contribution in [3.63, 3.8) is 0 Å². The standard InChI is InChI=1S/C16H23BrFNS/c1-2-19-15(11-20-16-5-3-4-6-16)9-12-7-13(17)10-14(18)8-12/h7-8,10,15-16,19H,2-6,9,11H2,1H3. The molecule has 0 spiro atoms. The van der Waals surface area contributed by atoms with E-state index in [2.05, 4.69) is 39.9 Å². The van der Waals surface area contributed by atoms with Gasteiger partial charge < -0.3 is 5.32 Å². The lowest BCUT2D eigenvalue weighted by Gasteiger charge is -2.20. The SMILES string of the molecule is CCNC(CSC1CCCC1)Cc1cc(F)cc(Br)c1. The zero-order valence-corrected chi connectivity index (χ0v) is 14.4. The maximum Gasteiger partial charge on any atom is 0.124 e. The van der Waals surface area contributed by atoms with Crippen LogP contribution < -0.4 is 5.32 Å². The van der Waals surface area contributed by atoms with Crippen molar-refractivity contribution in [2.75, 3.05) is 12.3 Å². The molecule has 0 amide bonds. The molecule has 1 atom stereocenters. The topological polar surface area (TPSA) is 12.0 Å². The van der Waals surface area contributed by atoms with Gasteiger partial charge in [0.15, 0.2) is 0 Å². The van der Waals surface area contributed by atoms with E-state index in [1.807, 2.05) is 6.07 Å². The third kappa shape index (κ3) is 5.38. The highest BCUT2D eigenvalue weighted by Gasteiger charge is 2.18. The molecule has 1 nitrogen and oxygen atoms in total. The minimum Gasteiger partial charge on any atom is -0.313 e. The van der Waals surface area contributed by atoms with Crippen molar-refractivity contribution in [2.24, 2.45) is 0 Å². The minimum absolute atomic E-state index is 0.159. The molecule has 20 heavy (non-hydrogen) atoms. The number of hydrogen-bond acceptors (Lipinski definition) is 2. The third-order valence-electron chi connectivity index (χ3n) is 3.73. The van der Waals surface area contributed by atoms with Crippen LogP contribution in [0.15, 0.2) is 22.7 Å².